The maximum atomic E-state index is 12.8. The smallest absolute Gasteiger partial charge is 0.416 e. The number of carbonyl (C=O) groups excluding carboxylic acids is 2. The number of nitrogens with one attached hydrogen (secondary N) is 2. The van der Waals surface area contributed by atoms with Gasteiger partial charge >= 0.3 is 17.8 Å². The van der Waals surface area contributed by atoms with Crippen molar-refractivity contribution in [3.63, 3.8) is 0 Å². The first kappa shape index (κ1) is 24.8. The Labute approximate surface area is 177 Å². The number of fused-ring (bicyclic) bond motifs is 1. The zero-order chi connectivity index (χ0) is 24.4. The molecule has 2 rings (SSSR count). The Hall–Kier alpha value is -3.42. The minimum atomic E-state index is -4.97. The largest absolute Gasteiger partial charge is 0.468 e. The van der Waals surface area contributed by atoms with Gasteiger partial charge in [-0.25, -0.2) is 9.36 Å². The van der Waals surface area contributed by atoms with Gasteiger partial charge in [-0.05, 0) is 12.0 Å². The predicted octanol–water partition coefficient (Wildman–Crippen LogP) is -0.911. The third kappa shape index (κ3) is 5.25. The summed E-state index contributed by atoms with van der Waals surface area (Å²) in [5.74, 6) is -2.66. The van der Waals surface area contributed by atoms with Crippen molar-refractivity contribution in [2.24, 2.45) is 5.92 Å². The molecule has 3 N–H and O–H groups in total. The fraction of sp³-hybridized carbons (Fsp3) is 0.500. The van der Waals surface area contributed by atoms with Crippen LogP contribution >= 0.6 is 0 Å². The number of H-pyrrole nitrogens is 1. The van der Waals surface area contributed by atoms with Gasteiger partial charge in [-0.2, -0.15) is 13.2 Å². The molecule has 0 spiro atoms. The van der Waals surface area contributed by atoms with Crippen LogP contribution in [0.2, 0.25) is 0 Å². The van der Waals surface area contributed by atoms with Crippen LogP contribution in [0.3, 0.4) is 0 Å². The second-order valence-corrected chi connectivity index (χ2v) is 7.26. The molecule has 0 aliphatic carbocycles. The number of aliphatic hydroxyl groups is 1. The van der Waals surface area contributed by atoms with E-state index in [4.69, 9.17) is 0 Å². The lowest BCUT2D eigenvalue weighted by Crippen LogP contribution is -2.53. The van der Waals surface area contributed by atoms with E-state index in [-0.39, 0.29) is 5.39 Å². The van der Waals surface area contributed by atoms with E-state index >= 15 is 0 Å². The molecule has 0 aliphatic heterocycles. The van der Waals surface area contributed by atoms with E-state index in [2.05, 4.69) is 9.72 Å². The molecule has 0 aromatic carbocycles. The first-order chi connectivity index (χ1) is 14.8. The molecule has 2 unspecified atom stereocenters. The molecule has 0 bridgehead atoms. The molecule has 2 heterocycles. The number of methoxy groups -OCH3 is 1. The highest BCUT2D eigenvalue weighted by Gasteiger charge is 2.45. The monoisotopic (exact) mass is 462 g/mol. The van der Waals surface area contributed by atoms with Crippen molar-refractivity contribution in [2.45, 2.75) is 45.3 Å². The summed E-state index contributed by atoms with van der Waals surface area (Å²) >= 11 is 0. The lowest BCUT2D eigenvalue weighted by atomic mass is 9.98. The van der Waals surface area contributed by atoms with Crippen molar-refractivity contribution in [1.29, 1.82) is 0 Å². The summed E-state index contributed by atoms with van der Waals surface area (Å²) in [5, 5.41) is 11.3. The van der Waals surface area contributed by atoms with Crippen LogP contribution in [0.4, 0.5) is 13.2 Å². The average Bonchev–Trinajstić information content (AvgIpc) is 2.70. The van der Waals surface area contributed by atoms with E-state index in [0.717, 1.165) is 23.9 Å². The molecule has 1 amide bonds. The molecule has 2 aromatic heterocycles. The SMILES string of the molecule is COC(=O)Cn1c(=O)[nH]c2c(=O)n(CC(=O)NC(C(C)C)C(O)C(F)(F)F)ccc2c1=O. The number of esters is 1. The lowest BCUT2D eigenvalue weighted by Gasteiger charge is -2.28. The van der Waals surface area contributed by atoms with Gasteiger partial charge in [-0.3, -0.25) is 19.2 Å². The number of aliphatic hydroxyl groups excluding tert-OH is 1. The number of aromatic amines is 1. The molecule has 0 saturated heterocycles. The van der Waals surface area contributed by atoms with Crippen LogP contribution in [0.5, 0.6) is 0 Å². The van der Waals surface area contributed by atoms with Gasteiger partial charge < -0.3 is 24.7 Å². The Morgan fingerprint density at radius 1 is 1.19 bits per heavy atom. The highest BCUT2D eigenvalue weighted by Crippen LogP contribution is 2.25. The quantitative estimate of drug-likeness (QED) is 0.451. The number of pyridine rings is 1. The zero-order valence-corrected chi connectivity index (χ0v) is 17.2. The first-order valence-corrected chi connectivity index (χ1v) is 9.25. The van der Waals surface area contributed by atoms with Crippen LogP contribution in [0, 0.1) is 5.92 Å². The topological polar surface area (TPSA) is 152 Å². The molecule has 11 nitrogen and oxygen atoms in total. The summed E-state index contributed by atoms with van der Waals surface area (Å²) in [5.41, 5.74) is -3.43. The third-order valence-electron chi connectivity index (χ3n) is 4.67. The van der Waals surface area contributed by atoms with Gasteiger partial charge in [0, 0.05) is 6.20 Å². The van der Waals surface area contributed by atoms with Crippen LogP contribution in [-0.2, 0) is 27.4 Å². The van der Waals surface area contributed by atoms with E-state index < -0.39 is 71.5 Å². The van der Waals surface area contributed by atoms with E-state index in [1.807, 2.05) is 5.32 Å². The molecule has 2 aromatic rings. The Bertz CT molecular complexity index is 1200. The summed E-state index contributed by atoms with van der Waals surface area (Å²) in [6, 6.07) is -0.551. The third-order valence-corrected chi connectivity index (χ3v) is 4.67. The molecule has 0 radical (unpaired) electrons. The fourth-order valence-corrected chi connectivity index (χ4v) is 2.95. The second-order valence-electron chi connectivity index (χ2n) is 7.26. The fourth-order valence-electron chi connectivity index (χ4n) is 2.95. The van der Waals surface area contributed by atoms with Crippen molar-refractivity contribution in [3.05, 3.63) is 43.5 Å². The maximum absolute atomic E-state index is 12.8. The Morgan fingerprint density at radius 2 is 1.81 bits per heavy atom. The van der Waals surface area contributed by atoms with E-state index in [0.29, 0.717) is 4.57 Å². The summed E-state index contributed by atoms with van der Waals surface area (Å²) in [7, 11) is 1.06. The predicted molar refractivity (Wildman–Crippen MR) is 104 cm³/mol. The van der Waals surface area contributed by atoms with Crippen molar-refractivity contribution >= 4 is 22.8 Å². The standard InChI is InChI=1S/C18H21F3N4O7/c1-8(2)12(14(28)18(19,20)21)22-10(26)6-24-5-4-9-13(16(24)30)23-17(31)25(15(9)29)7-11(27)32-3/h4-5,8,12,14,28H,6-7H2,1-3H3,(H,22,26)(H,23,31). The summed E-state index contributed by atoms with van der Waals surface area (Å²) < 4.78 is 44.2. The normalized spacial score (nSPS) is 13.8. The van der Waals surface area contributed by atoms with Gasteiger partial charge in [-0.1, -0.05) is 13.8 Å². The number of ether oxygens (including phenoxy) is 1. The van der Waals surface area contributed by atoms with Crippen LogP contribution in [0.1, 0.15) is 13.8 Å². The van der Waals surface area contributed by atoms with Gasteiger partial charge in [0.05, 0.1) is 18.5 Å². The Kier molecular flexibility index (Phi) is 7.28. The van der Waals surface area contributed by atoms with Crippen molar-refractivity contribution in [3.8, 4) is 0 Å². The van der Waals surface area contributed by atoms with E-state index in [1.165, 1.54) is 13.8 Å². The lowest BCUT2D eigenvalue weighted by molar-refractivity contribution is -0.215. The number of alkyl halides is 3. The van der Waals surface area contributed by atoms with Crippen molar-refractivity contribution in [1.82, 2.24) is 19.4 Å². The zero-order valence-electron chi connectivity index (χ0n) is 17.2. The molecule has 0 fully saturated rings. The highest BCUT2D eigenvalue weighted by molar-refractivity contribution is 5.79. The van der Waals surface area contributed by atoms with Crippen molar-refractivity contribution < 1.29 is 32.6 Å². The summed E-state index contributed by atoms with van der Waals surface area (Å²) in [6.07, 6.45) is -6.74. The Balaban J connectivity index is 2.37. The molecular weight excluding hydrogens is 441 g/mol. The number of nitrogens with zero attached hydrogens (tertiary/aromatic N) is 2. The van der Waals surface area contributed by atoms with E-state index in [1.54, 1.807) is 0 Å². The van der Waals surface area contributed by atoms with Crippen LogP contribution in [0.25, 0.3) is 10.9 Å². The van der Waals surface area contributed by atoms with Gasteiger partial charge in [0.2, 0.25) is 5.91 Å². The van der Waals surface area contributed by atoms with Gasteiger partial charge in [0.1, 0.15) is 18.6 Å². The number of rotatable bonds is 7. The number of aromatic nitrogens is 3. The molecule has 14 heteroatoms. The molecular formula is C18H21F3N4O7. The molecule has 32 heavy (non-hydrogen) atoms. The minimum Gasteiger partial charge on any atom is -0.468 e. The van der Waals surface area contributed by atoms with Crippen molar-refractivity contribution in [2.75, 3.05) is 7.11 Å². The van der Waals surface area contributed by atoms with Gasteiger partial charge in [0.25, 0.3) is 11.1 Å². The number of hydrogen-bond donors (Lipinski definition) is 3. The Morgan fingerprint density at radius 3 is 2.34 bits per heavy atom. The molecule has 2 atom stereocenters. The summed E-state index contributed by atoms with van der Waals surface area (Å²) in [4.78, 5) is 63.0. The molecule has 0 saturated carbocycles. The second kappa shape index (κ2) is 9.38. The van der Waals surface area contributed by atoms with Crippen LogP contribution in [0.15, 0.2) is 26.6 Å². The molecule has 176 valence electrons. The number of halogens is 3. The van der Waals surface area contributed by atoms with Gasteiger partial charge in [0.15, 0.2) is 6.10 Å². The highest BCUT2D eigenvalue weighted by atomic mass is 19.4. The molecule has 0 aliphatic rings. The first-order valence-electron chi connectivity index (χ1n) is 9.25. The average molecular weight is 462 g/mol. The van der Waals surface area contributed by atoms with Crippen LogP contribution in [-0.4, -0.2) is 56.5 Å². The summed E-state index contributed by atoms with van der Waals surface area (Å²) in [6.45, 7) is 1.30. The van der Waals surface area contributed by atoms with Crippen LogP contribution < -0.4 is 22.1 Å². The minimum absolute atomic E-state index is 0.247. The maximum Gasteiger partial charge on any atom is 0.416 e. The van der Waals surface area contributed by atoms with E-state index in [9.17, 15) is 42.3 Å². The number of carbonyl (C=O) groups is 2. The number of hydrogen-bond acceptors (Lipinski definition) is 7. The van der Waals surface area contributed by atoms with Gasteiger partial charge in [-0.15, -0.1) is 0 Å². The number of amides is 1.